The Hall–Kier alpha value is -1.81. The molecule has 0 spiro atoms. The first-order valence-corrected chi connectivity index (χ1v) is 6.05. The van der Waals surface area contributed by atoms with E-state index in [-0.39, 0.29) is 0 Å². The van der Waals surface area contributed by atoms with Gasteiger partial charge in [0, 0.05) is 17.8 Å². The van der Waals surface area contributed by atoms with Gasteiger partial charge >= 0.3 is 0 Å². The van der Waals surface area contributed by atoms with Crippen LogP contribution in [0.25, 0.3) is 11.1 Å². The Morgan fingerprint density at radius 1 is 1.33 bits per heavy atom. The van der Waals surface area contributed by atoms with Crippen molar-refractivity contribution in [3.63, 3.8) is 0 Å². The van der Waals surface area contributed by atoms with Gasteiger partial charge in [-0.1, -0.05) is 12.1 Å². The smallest absolute Gasteiger partial charge is 0.119 e. The first-order valence-electron chi connectivity index (χ1n) is 6.05. The summed E-state index contributed by atoms with van der Waals surface area (Å²) in [6, 6.07) is 8.10. The second kappa shape index (κ2) is 5.69. The first-order chi connectivity index (χ1) is 8.66. The molecule has 0 amide bonds. The molecule has 1 heterocycles. The number of aromatic amines is 1. The second-order valence-corrected chi connectivity index (χ2v) is 4.59. The Morgan fingerprint density at radius 2 is 2.17 bits per heavy atom. The molecule has 1 aromatic carbocycles. The fraction of sp³-hybridized carbons (Fsp3) is 0.357. The Morgan fingerprint density at radius 3 is 2.83 bits per heavy atom. The van der Waals surface area contributed by atoms with Crippen molar-refractivity contribution in [2.45, 2.75) is 6.92 Å². The fourth-order valence-corrected chi connectivity index (χ4v) is 1.74. The van der Waals surface area contributed by atoms with Crippen LogP contribution in [-0.4, -0.2) is 42.3 Å². The molecule has 1 aromatic heterocycles. The summed E-state index contributed by atoms with van der Waals surface area (Å²) in [6.07, 6.45) is 1.84. The second-order valence-electron chi connectivity index (χ2n) is 4.59. The number of ether oxygens (including phenoxy) is 1. The predicted molar refractivity (Wildman–Crippen MR) is 72.8 cm³/mol. The van der Waals surface area contributed by atoms with Gasteiger partial charge in [-0.05, 0) is 38.7 Å². The summed E-state index contributed by atoms with van der Waals surface area (Å²) in [4.78, 5) is 2.10. The normalized spacial score (nSPS) is 10.9. The predicted octanol–water partition coefficient (Wildman–Crippen LogP) is 2.33. The number of nitrogens with zero attached hydrogens (tertiary/aromatic N) is 2. The molecule has 1 N–H and O–H groups in total. The minimum Gasteiger partial charge on any atom is -0.492 e. The molecule has 4 heteroatoms. The van der Waals surface area contributed by atoms with Gasteiger partial charge in [-0.25, -0.2) is 0 Å². The van der Waals surface area contributed by atoms with E-state index >= 15 is 0 Å². The molecule has 0 aliphatic carbocycles. The maximum atomic E-state index is 5.72. The monoisotopic (exact) mass is 245 g/mol. The third kappa shape index (κ3) is 3.11. The van der Waals surface area contributed by atoms with Gasteiger partial charge in [-0.3, -0.25) is 5.10 Å². The number of nitrogens with one attached hydrogen (secondary N) is 1. The van der Waals surface area contributed by atoms with Crippen LogP contribution in [0.4, 0.5) is 0 Å². The molecule has 0 saturated carbocycles. The van der Waals surface area contributed by atoms with Crippen LogP contribution in [0, 0.1) is 6.92 Å². The standard InChI is InChI=1S/C14H19N3O/c1-11-14(10-15-16-11)12-5-4-6-13(9-12)18-8-7-17(2)3/h4-6,9-10H,7-8H2,1-3H3,(H,15,16). The van der Waals surface area contributed by atoms with Crippen LogP contribution < -0.4 is 4.74 Å². The van der Waals surface area contributed by atoms with Crippen LogP contribution >= 0.6 is 0 Å². The molecule has 0 saturated heterocycles. The van der Waals surface area contributed by atoms with Gasteiger partial charge < -0.3 is 9.64 Å². The third-order valence-electron chi connectivity index (χ3n) is 2.78. The quantitative estimate of drug-likeness (QED) is 0.879. The number of likely N-dealkylation sites (N-methyl/N-ethyl adjacent to an activating group) is 1. The lowest BCUT2D eigenvalue weighted by Gasteiger charge is -2.11. The first kappa shape index (κ1) is 12.6. The van der Waals surface area contributed by atoms with Gasteiger partial charge in [-0.15, -0.1) is 0 Å². The number of aryl methyl sites for hydroxylation is 1. The zero-order chi connectivity index (χ0) is 13.0. The van der Waals surface area contributed by atoms with E-state index in [0.717, 1.165) is 29.1 Å². The van der Waals surface area contributed by atoms with Crippen molar-refractivity contribution in [2.24, 2.45) is 0 Å². The molecule has 0 fully saturated rings. The average molecular weight is 245 g/mol. The molecule has 96 valence electrons. The minimum absolute atomic E-state index is 0.695. The van der Waals surface area contributed by atoms with E-state index in [2.05, 4.69) is 21.2 Å². The van der Waals surface area contributed by atoms with E-state index in [9.17, 15) is 0 Å². The molecule has 2 rings (SSSR count). The van der Waals surface area contributed by atoms with Gasteiger partial charge in [0.2, 0.25) is 0 Å². The SMILES string of the molecule is Cc1[nH]ncc1-c1cccc(OCCN(C)C)c1. The van der Waals surface area contributed by atoms with Gasteiger partial charge in [0.15, 0.2) is 0 Å². The van der Waals surface area contributed by atoms with Gasteiger partial charge in [0.1, 0.15) is 12.4 Å². The lowest BCUT2D eigenvalue weighted by Crippen LogP contribution is -2.19. The van der Waals surface area contributed by atoms with Crippen molar-refractivity contribution >= 4 is 0 Å². The molecular formula is C14H19N3O. The Balaban J connectivity index is 2.08. The number of benzene rings is 1. The zero-order valence-electron chi connectivity index (χ0n) is 11.1. The van der Waals surface area contributed by atoms with Crippen molar-refractivity contribution in [2.75, 3.05) is 27.2 Å². The van der Waals surface area contributed by atoms with Crippen molar-refractivity contribution in [3.8, 4) is 16.9 Å². The molecule has 2 aromatic rings. The summed E-state index contributed by atoms with van der Waals surface area (Å²) >= 11 is 0. The van der Waals surface area contributed by atoms with Gasteiger partial charge in [0.25, 0.3) is 0 Å². The highest BCUT2D eigenvalue weighted by Gasteiger charge is 2.04. The molecule has 0 unspecified atom stereocenters. The Bertz CT molecular complexity index is 505. The number of rotatable bonds is 5. The number of aromatic nitrogens is 2. The lowest BCUT2D eigenvalue weighted by atomic mass is 10.1. The maximum absolute atomic E-state index is 5.72. The zero-order valence-corrected chi connectivity index (χ0v) is 11.1. The summed E-state index contributed by atoms with van der Waals surface area (Å²) < 4.78 is 5.72. The van der Waals surface area contributed by atoms with Crippen LogP contribution in [0.3, 0.4) is 0 Å². The van der Waals surface area contributed by atoms with E-state index in [1.54, 1.807) is 0 Å². The van der Waals surface area contributed by atoms with Crippen LogP contribution in [-0.2, 0) is 0 Å². The van der Waals surface area contributed by atoms with E-state index in [4.69, 9.17) is 4.74 Å². The van der Waals surface area contributed by atoms with Crippen molar-refractivity contribution in [3.05, 3.63) is 36.2 Å². The summed E-state index contributed by atoms with van der Waals surface area (Å²) in [5, 5.41) is 6.99. The third-order valence-corrected chi connectivity index (χ3v) is 2.78. The largest absolute Gasteiger partial charge is 0.492 e. The minimum atomic E-state index is 0.695. The van der Waals surface area contributed by atoms with Gasteiger partial charge in [-0.2, -0.15) is 5.10 Å². The van der Waals surface area contributed by atoms with Crippen LogP contribution in [0.5, 0.6) is 5.75 Å². The maximum Gasteiger partial charge on any atom is 0.119 e. The molecule has 0 aliphatic heterocycles. The Labute approximate surface area is 108 Å². The summed E-state index contributed by atoms with van der Waals surface area (Å²) in [7, 11) is 4.07. The van der Waals surface area contributed by atoms with E-state index in [1.165, 1.54) is 0 Å². The van der Waals surface area contributed by atoms with Crippen LogP contribution in [0.1, 0.15) is 5.69 Å². The van der Waals surface area contributed by atoms with Crippen LogP contribution in [0.2, 0.25) is 0 Å². The van der Waals surface area contributed by atoms with Crippen molar-refractivity contribution in [1.82, 2.24) is 15.1 Å². The number of H-pyrrole nitrogens is 1. The fourth-order valence-electron chi connectivity index (χ4n) is 1.74. The van der Waals surface area contributed by atoms with Gasteiger partial charge in [0.05, 0.1) is 6.20 Å². The molecule has 0 atom stereocenters. The number of hydrogen-bond acceptors (Lipinski definition) is 3. The van der Waals surface area contributed by atoms with Crippen molar-refractivity contribution in [1.29, 1.82) is 0 Å². The molecule has 0 aliphatic rings. The molecule has 0 bridgehead atoms. The van der Waals surface area contributed by atoms with E-state index in [1.807, 2.05) is 45.4 Å². The highest BCUT2D eigenvalue weighted by atomic mass is 16.5. The van der Waals surface area contributed by atoms with E-state index < -0.39 is 0 Å². The molecule has 0 radical (unpaired) electrons. The average Bonchev–Trinajstić information content (AvgIpc) is 2.75. The highest BCUT2D eigenvalue weighted by Crippen LogP contribution is 2.25. The van der Waals surface area contributed by atoms with E-state index in [0.29, 0.717) is 6.61 Å². The molecular weight excluding hydrogens is 226 g/mol. The Kier molecular flexibility index (Phi) is 3.99. The summed E-state index contributed by atoms with van der Waals surface area (Å²) in [6.45, 7) is 3.62. The van der Waals surface area contributed by atoms with Crippen LogP contribution in [0.15, 0.2) is 30.5 Å². The molecule has 18 heavy (non-hydrogen) atoms. The molecule has 4 nitrogen and oxygen atoms in total. The summed E-state index contributed by atoms with van der Waals surface area (Å²) in [5.74, 6) is 0.898. The van der Waals surface area contributed by atoms with Crippen molar-refractivity contribution < 1.29 is 4.74 Å². The lowest BCUT2D eigenvalue weighted by molar-refractivity contribution is 0.261. The topological polar surface area (TPSA) is 41.1 Å². The highest BCUT2D eigenvalue weighted by molar-refractivity contribution is 5.66. The number of hydrogen-bond donors (Lipinski definition) is 1. The summed E-state index contributed by atoms with van der Waals surface area (Å²) in [5.41, 5.74) is 3.32.